The van der Waals surface area contributed by atoms with Crippen molar-refractivity contribution in [2.75, 3.05) is 0 Å². The molecule has 0 spiro atoms. The van der Waals surface area contributed by atoms with Crippen LogP contribution in [-0.4, -0.2) is 6.72 Å². The zero-order chi connectivity index (χ0) is 38.0. The predicted octanol–water partition coefficient (Wildman–Crippen LogP) is 13.8. The van der Waals surface area contributed by atoms with Crippen LogP contribution in [0.3, 0.4) is 0 Å². The second kappa shape index (κ2) is 17.9. The van der Waals surface area contributed by atoms with Gasteiger partial charge < -0.3 is 11.1 Å². The Morgan fingerprint density at radius 1 is 0.765 bits per heavy atom. The lowest BCUT2D eigenvalue weighted by atomic mass is 9.61. The maximum atomic E-state index is 6.42. The summed E-state index contributed by atoms with van der Waals surface area (Å²) in [5.74, 6) is 0.624. The Hall–Kier alpha value is -4.17. The minimum absolute atomic E-state index is 0.285. The van der Waals surface area contributed by atoms with Crippen LogP contribution < -0.4 is 5.73 Å². The van der Waals surface area contributed by atoms with Crippen molar-refractivity contribution in [2.24, 2.45) is 5.73 Å². The third-order valence-electron chi connectivity index (χ3n) is 10.4. The third-order valence-corrected chi connectivity index (χ3v) is 10.4. The quantitative estimate of drug-likeness (QED) is 0.163. The Morgan fingerprint density at radius 3 is 1.78 bits per heavy atom. The predicted molar refractivity (Wildman–Crippen MR) is 226 cm³/mol. The molecule has 0 amide bonds. The topological polar surface area (TPSA) is 49.9 Å². The van der Waals surface area contributed by atoms with Crippen LogP contribution in [0, 0.1) is 19.3 Å². The van der Waals surface area contributed by atoms with Crippen molar-refractivity contribution in [3.63, 3.8) is 0 Å². The van der Waals surface area contributed by atoms with Crippen molar-refractivity contribution in [2.45, 2.75) is 130 Å². The summed E-state index contributed by atoms with van der Waals surface area (Å²) in [4.78, 5) is 0. The van der Waals surface area contributed by atoms with Crippen molar-refractivity contribution in [1.82, 2.24) is 0 Å². The molecule has 0 aliphatic heterocycles. The van der Waals surface area contributed by atoms with E-state index in [-0.39, 0.29) is 10.8 Å². The van der Waals surface area contributed by atoms with Crippen molar-refractivity contribution in [1.29, 1.82) is 5.41 Å². The molecule has 0 heterocycles. The van der Waals surface area contributed by atoms with Gasteiger partial charge in [-0.1, -0.05) is 169 Å². The van der Waals surface area contributed by atoms with Gasteiger partial charge in [-0.3, -0.25) is 0 Å². The molecule has 2 nitrogen and oxygen atoms in total. The average Bonchev–Trinajstić information content (AvgIpc) is 3.53. The Balaban J connectivity index is 0.000000241. The summed E-state index contributed by atoms with van der Waals surface area (Å²) in [6.45, 7) is 26.7. The first-order chi connectivity index (χ1) is 24.1. The van der Waals surface area contributed by atoms with Crippen molar-refractivity contribution in [3.8, 4) is 11.1 Å². The van der Waals surface area contributed by atoms with E-state index in [1.54, 1.807) is 5.56 Å². The normalized spacial score (nSPS) is 17.5. The summed E-state index contributed by atoms with van der Waals surface area (Å²) in [7, 11) is 0. The van der Waals surface area contributed by atoms with Gasteiger partial charge in [-0.05, 0) is 122 Å². The van der Waals surface area contributed by atoms with Crippen LogP contribution in [0.5, 0.6) is 0 Å². The maximum Gasteiger partial charge on any atom is 0.0387 e. The molecule has 1 fully saturated rings. The molecular weight excluding hydrogens is 617 g/mol. The molecule has 2 aliphatic rings. The monoisotopic (exact) mass is 683 g/mol. The molecule has 0 saturated heterocycles. The number of rotatable bonds is 4. The van der Waals surface area contributed by atoms with Crippen LogP contribution in [0.4, 0.5) is 0 Å². The lowest BCUT2D eigenvalue weighted by Crippen LogP contribution is -2.33. The van der Waals surface area contributed by atoms with Crippen LogP contribution in [0.2, 0.25) is 0 Å². The van der Waals surface area contributed by atoms with E-state index in [1.165, 1.54) is 76.6 Å². The zero-order valence-electron chi connectivity index (χ0n) is 33.7. The molecule has 51 heavy (non-hydrogen) atoms. The highest BCUT2D eigenvalue weighted by molar-refractivity contribution is 5.79. The molecule has 0 radical (unpaired) electrons. The van der Waals surface area contributed by atoms with Crippen molar-refractivity contribution < 1.29 is 0 Å². The van der Waals surface area contributed by atoms with Gasteiger partial charge in [-0.15, -0.1) is 0 Å². The molecular formula is C49H66N2. The van der Waals surface area contributed by atoms with Gasteiger partial charge in [0.15, 0.2) is 0 Å². The summed E-state index contributed by atoms with van der Waals surface area (Å²) < 4.78 is 0. The summed E-state index contributed by atoms with van der Waals surface area (Å²) in [6.07, 6.45) is 10.6. The molecule has 4 aromatic carbocycles. The molecule has 3 N–H and O–H groups in total. The van der Waals surface area contributed by atoms with E-state index in [9.17, 15) is 0 Å². The van der Waals surface area contributed by atoms with Gasteiger partial charge in [0.05, 0.1) is 0 Å². The van der Waals surface area contributed by atoms with Crippen LogP contribution in [0.15, 0.2) is 109 Å². The summed E-state index contributed by atoms with van der Waals surface area (Å²) in [5.41, 5.74) is 22.0. The highest BCUT2D eigenvalue weighted by Gasteiger charge is 2.48. The molecule has 1 saturated carbocycles. The fourth-order valence-electron chi connectivity index (χ4n) is 7.62. The molecule has 2 heteroatoms. The Morgan fingerprint density at radius 2 is 1.29 bits per heavy atom. The maximum absolute atomic E-state index is 6.42. The van der Waals surface area contributed by atoms with Crippen LogP contribution in [-0.2, 0) is 16.2 Å². The zero-order valence-corrected chi connectivity index (χ0v) is 33.7. The van der Waals surface area contributed by atoms with Gasteiger partial charge in [-0.2, -0.15) is 0 Å². The SMILES string of the molecule is C=N.CCC[C@@]12CCCC1c1cc(/C(N)=C/C=C(C)C)ccc1-c1ccccc12.Cc1ccc(C(C)(C)C)cc1.Cc1ccc(C(C)(C)C)cc1. The standard InChI is InChI=1S/C26H31N.2C11H16.CH3N/c1-4-15-26-16-7-10-24(26)22-17-19(25(27)14-11-18(2)3)12-13-20(22)21-8-5-6-9-23(21)26;2*1-9-5-7-10(8-6-9)11(2,3)4;1-2/h5-6,8-9,11-14,17,24H,4,7,10,15-16,27H2,1-3H3;2*5-8H,1-4H3;2H,1H2/b25-14-;;;/t24?,26-;;;/m0.../s1. The number of nitrogens with two attached hydrogens (primary N) is 1. The number of hydrogen-bond acceptors (Lipinski definition) is 2. The van der Waals surface area contributed by atoms with Crippen LogP contribution in [0.25, 0.3) is 16.8 Å². The Bertz CT molecular complexity index is 1700. The average molecular weight is 683 g/mol. The first-order valence-corrected chi connectivity index (χ1v) is 18.9. The largest absolute Gasteiger partial charge is 0.398 e. The van der Waals surface area contributed by atoms with Gasteiger partial charge in [-0.25, -0.2) is 0 Å². The van der Waals surface area contributed by atoms with Gasteiger partial charge in [0, 0.05) is 11.1 Å². The molecule has 0 aromatic heterocycles. The number of hydrogen-bond donors (Lipinski definition) is 2. The van der Waals surface area contributed by atoms with E-state index in [4.69, 9.17) is 11.1 Å². The fourth-order valence-corrected chi connectivity index (χ4v) is 7.62. The van der Waals surface area contributed by atoms with Gasteiger partial charge in [0.25, 0.3) is 0 Å². The van der Waals surface area contributed by atoms with Gasteiger partial charge >= 0.3 is 0 Å². The summed E-state index contributed by atoms with van der Waals surface area (Å²) in [6, 6.07) is 33.5. The number of fused-ring (bicyclic) bond motifs is 6. The second-order valence-corrected chi connectivity index (χ2v) is 16.8. The number of benzene rings is 4. The Kier molecular flexibility index (Phi) is 14.4. The number of allylic oxidation sites excluding steroid dienone is 3. The molecule has 2 atom stereocenters. The smallest absolute Gasteiger partial charge is 0.0387 e. The lowest BCUT2D eigenvalue weighted by Gasteiger charge is -2.43. The molecule has 2 aliphatic carbocycles. The highest BCUT2D eigenvalue weighted by atomic mass is 14.6. The van der Waals surface area contributed by atoms with E-state index >= 15 is 0 Å². The first-order valence-electron chi connectivity index (χ1n) is 18.9. The van der Waals surface area contributed by atoms with E-state index < -0.39 is 0 Å². The first kappa shape index (κ1) is 41.3. The van der Waals surface area contributed by atoms with Gasteiger partial charge in [0.1, 0.15) is 0 Å². The number of nitrogens with one attached hydrogen (secondary N) is 1. The van der Waals surface area contributed by atoms with Crippen LogP contribution in [0.1, 0.15) is 139 Å². The Labute approximate surface area is 311 Å². The minimum Gasteiger partial charge on any atom is -0.398 e. The van der Waals surface area contributed by atoms with E-state index in [1.807, 2.05) is 6.08 Å². The van der Waals surface area contributed by atoms with Crippen molar-refractivity contribution in [3.05, 3.63) is 148 Å². The van der Waals surface area contributed by atoms with E-state index in [0.717, 1.165) is 11.3 Å². The summed E-state index contributed by atoms with van der Waals surface area (Å²) >= 11 is 0. The molecule has 1 unspecified atom stereocenters. The van der Waals surface area contributed by atoms with E-state index in [0.29, 0.717) is 11.3 Å². The summed E-state index contributed by atoms with van der Waals surface area (Å²) in [5, 5.41) is 5.50. The molecule has 272 valence electrons. The highest BCUT2D eigenvalue weighted by Crippen LogP contribution is 2.60. The fraction of sp³-hybridized carbons (Fsp3) is 0.408. The number of aryl methyl sites for hydroxylation is 2. The van der Waals surface area contributed by atoms with Crippen LogP contribution >= 0.6 is 0 Å². The van der Waals surface area contributed by atoms with E-state index in [2.05, 4.69) is 180 Å². The van der Waals surface area contributed by atoms with Crippen molar-refractivity contribution >= 4 is 12.4 Å². The molecule has 4 aromatic rings. The minimum atomic E-state index is 0.285. The molecule has 0 bridgehead atoms. The molecule has 6 rings (SSSR count). The second-order valence-electron chi connectivity index (χ2n) is 16.8. The van der Waals surface area contributed by atoms with Gasteiger partial charge in [0.2, 0.25) is 0 Å². The third kappa shape index (κ3) is 10.4. The lowest BCUT2D eigenvalue weighted by molar-refractivity contribution is 0.353.